The van der Waals surface area contributed by atoms with Crippen molar-refractivity contribution in [2.24, 2.45) is 5.10 Å². The fraction of sp³-hybridized carbons (Fsp3) is 0.353. The normalized spacial score (nSPS) is 17.5. The molecule has 0 aliphatic carbocycles. The molecule has 1 unspecified atom stereocenters. The summed E-state index contributed by atoms with van der Waals surface area (Å²) in [4.78, 5) is 17.4. The van der Waals surface area contributed by atoms with Crippen LogP contribution in [-0.2, 0) is 4.79 Å². The van der Waals surface area contributed by atoms with E-state index in [9.17, 15) is 9.18 Å². The zero-order chi connectivity index (χ0) is 16.6. The SMILES string of the molecule is CCC(=O)N1N=C(c2sccc2C)CC1c1cnc(C)c(F)c1. The van der Waals surface area contributed by atoms with Gasteiger partial charge in [-0.15, -0.1) is 11.3 Å². The molecule has 23 heavy (non-hydrogen) atoms. The number of amides is 1. The predicted molar refractivity (Wildman–Crippen MR) is 89.0 cm³/mol. The van der Waals surface area contributed by atoms with E-state index in [0.717, 1.165) is 16.2 Å². The number of carbonyl (C=O) groups excluding carboxylic acids is 1. The average Bonchev–Trinajstić information content (AvgIpc) is 3.15. The number of thiophene rings is 1. The van der Waals surface area contributed by atoms with E-state index in [2.05, 4.69) is 10.1 Å². The fourth-order valence-electron chi connectivity index (χ4n) is 2.67. The van der Waals surface area contributed by atoms with Gasteiger partial charge in [-0.1, -0.05) is 6.92 Å². The number of aryl methyl sites for hydroxylation is 2. The molecule has 1 aliphatic heterocycles. The second kappa shape index (κ2) is 6.20. The standard InChI is InChI=1S/C17H18FN3OS/c1-4-16(22)21-15(12-7-13(18)11(3)19-9-12)8-14(20-21)17-10(2)5-6-23-17/h5-7,9,15H,4,8H2,1-3H3. The van der Waals surface area contributed by atoms with Crippen LogP contribution in [0.5, 0.6) is 0 Å². The molecular formula is C17H18FN3OS. The van der Waals surface area contributed by atoms with Crippen molar-refractivity contribution in [1.29, 1.82) is 0 Å². The maximum atomic E-state index is 13.9. The van der Waals surface area contributed by atoms with Crippen molar-refractivity contribution in [3.05, 3.63) is 51.2 Å². The van der Waals surface area contributed by atoms with Crippen molar-refractivity contribution in [2.75, 3.05) is 0 Å². The minimum Gasteiger partial charge on any atom is -0.273 e. The Labute approximate surface area is 138 Å². The summed E-state index contributed by atoms with van der Waals surface area (Å²) in [5.41, 5.74) is 3.06. The lowest BCUT2D eigenvalue weighted by Gasteiger charge is -2.21. The van der Waals surface area contributed by atoms with Gasteiger partial charge in [-0.3, -0.25) is 9.78 Å². The van der Waals surface area contributed by atoms with Gasteiger partial charge in [0.05, 0.1) is 22.3 Å². The molecule has 1 aliphatic rings. The third kappa shape index (κ3) is 2.91. The highest BCUT2D eigenvalue weighted by Gasteiger charge is 2.33. The number of nitrogens with zero attached hydrogens (tertiary/aromatic N) is 3. The van der Waals surface area contributed by atoms with Gasteiger partial charge in [-0.2, -0.15) is 5.10 Å². The largest absolute Gasteiger partial charge is 0.273 e. The lowest BCUT2D eigenvalue weighted by Crippen LogP contribution is -2.26. The van der Waals surface area contributed by atoms with E-state index in [1.54, 1.807) is 31.4 Å². The summed E-state index contributed by atoms with van der Waals surface area (Å²) in [6, 6.07) is 3.21. The van der Waals surface area contributed by atoms with Crippen molar-refractivity contribution in [3.63, 3.8) is 0 Å². The molecule has 1 amide bonds. The van der Waals surface area contributed by atoms with E-state index in [1.807, 2.05) is 18.4 Å². The second-order valence-electron chi connectivity index (χ2n) is 5.63. The summed E-state index contributed by atoms with van der Waals surface area (Å²) in [5, 5.41) is 8.03. The van der Waals surface area contributed by atoms with Gasteiger partial charge in [0.25, 0.3) is 0 Å². The van der Waals surface area contributed by atoms with Crippen LogP contribution in [0.4, 0.5) is 4.39 Å². The van der Waals surface area contributed by atoms with Gasteiger partial charge < -0.3 is 0 Å². The van der Waals surface area contributed by atoms with Gasteiger partial charge in [-0.05, 0) is 42.5 Å². The molecule has 0 aromatic carbocycles. The zero-order valence-corrected chi connectivity index (χ0v) is 14.2. The Morgan fingerprint density at radius 3 is 2.87 bits per heavy atom. The molecule has 2 aromatic heterocycles. The summed E-state index contributed by atoms with van der Waals surface area (Å²) >= 11 is 1.61. The number of rotatable bonds is 3. The molecule has 0 fully saturated rings. The predicted octanol–water partition coefficient (Wildman–Crippen LogP) is 3.99. The highest BCUT2D eigenvalue weighted by atomic mass is 32.1. The molecule has 3 rings (SSSR count). The monoisotopic (exact) mass is 331 g/mol. The molecule has 120 valence electrons. The maximum Gasteiger partial charge on any atom is 0.242 e. The number of pyridine rings is 1. The van der Waals surface area contributed by atoms with Crippen LogP contribution in [0.3, 0.4) is 0 Å². The van der Waals surface area contributed by atoms with E-state index < -0.39 is 0 Å². The van der Waals surface area contributed by atoms with E-state index in [0.29, 0.717) is 24.1 Å². The Bertz CT molecular complexity index is 784. The Hall–Kier alpha value is -2.08. The van der Waals surface area contributed by atoms with Crippen LogP contribution in [0.25, 0.3) is 0 Å². The molecule has 0 spiro atoms. The number of hydrogen-bond donors (Lipinski definition) is 0. The molecular weight excluding hydrogens is 313 g/mol. The van der Waals surface area contributed by atoms with E-state index in [1.165, 1.54) is 11.1 Å². The van der Waals surface area contributed by atoms with Crippen LogP contribution in [0.2, 0.25) is 0 Å². The number of hydrogen-bond acceptors (Lipinski definition) is 4. The molecule has 0 saturated heterocycles. The van der Waals surface area contributed by atoms with E-state index >= 15 is 0 Å². The molecule has 2 aromatic rings. The van der Waals surface area contributed by atoms with Gasteiger partial charge in [0.15, 0.2) is 0 Å². The number of carbonyl (C=O) groups is 1. The minimum atomic E-state index is -0.354. The van der Waals surface area contributed by atoms with Crippen molar-refractivity contribution in [3.8, 4) is 0 Å². The van der Waals surface area contributed by atoms with Gasteiger partial charge >= 0.3 is 0 Å². The molecule has 3 heterocycles. The van der Waals surface area contributed by atoms with Gasteiger partial charge in [-0.25, -0.2) is 9.40 Å². The first kappa shape index (κ1) is 15.8. The van der Waals surface area contributed by atoms with Crippen LogP contribution in [0.15, 0.2) is 28.8 Å². The fourth-order valence-corrected chi connectivity index (χ4v) is 3.59. The summed E-state index contributed by atoms with van der Waals surface area (Å²) < 4.78 is 13.9. The maximum absolute atomic E-state index is 13.9. The molecule has 6 heteroatoms. The third-order valence-electron chi connectivity index (χ3n) is 4.02. The topological polar surface area (TPSA) is 45.6 Å². The minimum absolute atomic E-state index is 0.0693. The van der Waals surface area contributed by atoms with Crippen molar-refractivity contribution >= 4 is 23.0 Å². The van der Waals surface area contributed by atoms with Crippen LogP contribution < -0.4 is 0 Å². The lowest BCUT2D eigenvalue weighted by atomic mass is 10.0. The number of aromatic nitrogens is 1. The molecule has 4 nitrogen and oxygen atoms in total. The first-order valence-electron chi connectivity index (χ1n) is 7.57. The molecule has 0 N–H and O–H groups in total. The first-order chi connectivity index (χ1) is 11.0. The van der Waals surface area contributed by atoms with Crippen molar-refractivity contribution in [1.82, 2.24) is 9.99 Å². The Balaban J connectivity index is 1.98. The van der Waals surface area contributed by atoms with Crippen LogP contribution in [0, 0.1) is 19.7 Å². The number of hydrazone groups is 1. The zero-order valence-electron chi connectivity index (χ0n) is 13.3. The van der Waals surface area contributed by atoms with Crippen molar-refractivity contribution < 1.29 is 9.18 Å². The Morgan fingerprint density at radius 2 is 2.26 bits per heavy atom. The van der Waals surface area contributed by atoms with Crippen LogP contribution >= 0.6 is 11.3 Å². The highest BCUT2D eigenvalue weighted by molar-refractivity contribution is 7.12. The van der Waals surface area contributed by atoms with Crippen LogP contribution in [-0.4, -0.2) is 21.6 Å². The molecule has 0 saturated carbocycles. The van der Waals surface area contributed by atoms with Gasteiger partial charge in [0.1, 0.15) is 5.82 Å². The summed E-state index contributed by atoms with van der Waals surface area (Å²) in [5.74, 6) is -0.424. The van der Waals surface area contributed by atoms with Crippen LogP contribution in [0.1, 0.15) is 47.5 Å². The molecule has 1 atom stereocenters. The molecule has 0 bridgehead atoms. The van der Waals surface area contributed by atoms with Gasteiger partial charge in [0, 0.05) is 19.0 Å². The second-order valence-corrected chi connectivity index (χ2v) is 6.54. The average molecular weight is 331 g/mol. The first-order valence-corrected chi connectivity index (χ1v) is 8.45. The lowest BCUT2D eigenvalue weighted by molar-refractivity contribution is -0.132. The summed E-state index contributed by atoms with van der Waals surface area (Å²) in [7, 11) is 0. The smallest absolute Gasteiger partial charge is 0.242 e. The van der Waals surface area contributed by atoms with E-state index in [-0.39, 0.29) is 17.8 Å². The van der Waals surface area contributed by atoms with Gasteiger partial charge in [0.2, 0.25) is 5.91 Å². The Morgan fingerprint density at radius 1 is 1.48 bits per heavy atom. The van der Waals surface area contributed by atoms with Crippen molar-refractivity contribution in [2.45, 2.75) is 39.7 Å². The highest BCUT2D eigenvalue weighted by Crippen LogP contribution is 2.35. The third-order valence-corrected chi connectivity index (χ3v) is 5.09. The summed E-state index contributed by atoms with van der Waals surface area (Å²) in [6.07, 6.45) is 2.58. The quantitative estimate of drug-likeness (QED) is 0.854. The number of halogens is 1. The molecule has 0 radical (unpaired) electrons. The Kier molecular flexibility index (Phi) is 4.26. The van der Waals surface area contributed by atoms with E-state index in [4.69, 9.17) is 0 Å². The summed E-state index contributed by atoms with van der Waals surface area (Å²) in [6.45, 7) is 5.46.